The number of carboxylic acid groups (broad SMARTS) is 1. The van der Waals surface area contributed by atoms with Crippen LogP contribution in [0.15, 0.2) is 16.7 Å². The maximum atomic E-state index is 11.8. The van der Waals surface area contributed by atoms with Crippen LogP contribution in [0.5, 0.6) is 0 Å². The predicted octanol–water partition coefficient (Wildman–Crippen LogP) is 1.90. The fourth-order valence-electron chi connectivity index (χ4n) is 1.83. The molecule has 0 aromatic carbocycles. The van der Waals surface area contributed by atoms with Crippen LogP contribution in [0.3, 0.4) is 0 Å². The Morgan fingerprint density at radius 1 is 1.47 bits per heavy atom. The first-order chi connectivity index (χ1) is 7.90. The molecule has 0 saturated heterocycles. The molecule has 0 aliphatic heterocycles. The quantitative estimate of drug-likeness (QED) is 0.838. The van der Waals surface area contributed by atoms with E-state index in [9.17, 15) is 9.59 Å². The minimum absolute atomic E-state index is 0.0145. The summed E-state index contributed by atoms with van der Waals surface area (Å²) in [6, 6.07) is 1.24. The molecule has 1 aliphatic rings. The molecule has 2 N–H and O–H groups in total. The molecule has 0 spiro atoms. The van der Waals surface area contributed by atoms with Crippen molar-refractivity contribution in [2.24, 2.45) is 5.92 Å². The van der Waals surface area contributed by atoms with E-state index in [1.807, 2.05) is 13.8 Å². The second-order valence-electron chi connectivity index (χ2n) is 4.95. The van der Waals surface area contributed by atoms with E-state index in [0.717, 1.165) is 19.1 Å². The molecule has 1 aliphatic carbocycles. The zero-order chi connectivity index (χ0) is 12.6. The third-order valence-corrected chi connectivity index (χ3v) is 3.10. The van der Waals surface area contributed by atoms with Gasteiger partial charge in [-0.3, -0.25) is 4.79 Å². The van der Waals surface area contributed by atoms with E-state index in [1.165, 1.54) is 6.07 Å². The lowest BCUT2D eigenvalue weighted by Gasteiger charge is -2.25. The first-order valence-electron chi connectivity index (χ1n) is 5.54. The van der Waals surface area contributed by atoms with Crippen LogP contribution in [0.1, 0.15) is 47.6 Å². The number of hydrogen-bond donors (Lipinski definition) is 2. The van der Waals surface area contributed by atoms with Gasteiger partial charge >= 0.3 is 5.97 Å². The molecular weight excluding hydrogens is 222 g/mol. The minimum Gasteiger partial charge on any atom is -0.478 e. The molecule has 1 fully saturated rings. The molecule has 0 unspecified atom stereocenters. The molecule has 1 saturated carbocycles. The molecule has 1 heterocycles. The monoisotopic (exact) mass is 237 g/mol. The van der Waals surface area contributed by atoms with Crippen molar-refractivity contribution in [1.82, 2.24) is 5.32 Å². The molecule has 92 valence electrons. The van der Waals surface area contributed by atoms with E-state index in [0.29, 0.717) is 5.92 Å². The van der Waals surface area contributed by atoms with Crippen LogP contribution in [0.2, 0.25) is 0 Å². The zero-order valence-electron chi connectivity index (χ0n) is 9.82. The summed E-state index contributed by atoms with van der Waals surface area (Å²) in [4.78, 5) is 22.5. The number of aromatic carboxylic acids is 1. The Labute approximate surface area is 98.8 Å². The van der Waals surface area contributed by atoms with Gasteiger partial charge in [0.05, 0.1) is 5.56 Å². The Hall–Kier alpha value is -1.78. The molecule has 0 atom stereocenters. The molecule has 5 heteroatoms. The SMILES string of the molecule is CC(C)(NC(=O)c1cc(C(=O)O)co1)C1CC1. The second-order valence-corrected chi connectivity index (χ2v) is 4.95. The number of furan rings is 1. The fraction of sp³-hybridized carbons (Fsp3) is 0.500. The summed E-state index contributed by atoms with van der Waals surface area (Å²) < 4.78 is 4.94. The van der Waals surface area contributed by atoms with Crippen molar-refractivity contribution in [2.75, 3.05) is 0 Å². The van der Waals surface area contributed by atoms with Crippen LogP contribution in [0.25, 0.3) is 0 Å². The van der Waals surface area contributed by atoms with Crippen molar-refractivity contribution in [2.45, 2.75) is 32.2 Å². The Morgan fingerprint density at radius 2 is 2.12 bits per heavy atom. The molecule has 0 radical (unpaired) electrons. The predicted molar refractivity (Wildman–Crippen MR) is 59.9 cm³/mol. The number of hydrogen-bond acceptors (Lipinski definition) is 3. The van der Waals surface area contributed by atoms with Gasteiger partial charge in [-0.1, -0.05) is 0 Å². The van der Waals surface area contributed by atoms with Crippen molar-refractivity contribution in [3.8, 4) is 0 Å². The molecule has 0 bridgehead atoms. The van der Waals surface area contributed by atoms with E-state index in [1.54, 1.807) is 0 Å². The molecule has 2 rings (SSSR count). The number of carbonyl (C=O) groups excluding carboxylic acids is 1. The van der Waals surface area contributed by atoms with Gasteiger partial charge in [-0.2, -0.15) is 0 Å². The van der Waals surface area contributed by atoms with Crippen LogP contribution in [-0.4, -0.2) is 22.5 Å². The van der Waals surface area contributed by atoms with Crippen molar-refractivity contribution >= 4 is 11.9 Å². The largest absolute Gasteiger partial charge is 0.478 e. The van der Waals surface area contributed by atoms with E-state index in [4.69, 9.17) is 9.52 Å². The number of rotatable bonds is 4. The van der Waals surface area contributed by atoms with Crippen molar-refractivity contribution < 1.29 is 19.1 Å². The highest BCUT2D eigenvalue weighted by Gasteiger charge is 2.39. The number of amides is 1. The zero-order valence-corrected chi connectivity index (χ0v) is 9.82. The smallest absolute Gasteiger partial charge is 0.338 e. The van der Waals surface area contributed by atoms with Gasteiger partial charge in [-0.15, -0.1) is 0 Å². The Morgan fingerprint density at radius 3 is 2.59 bits per heavy atom. The maximum Gasteiger partial charge on any atom is 0.338 e. The van der Waals surface area contributed by atoms with E-state index in [2.05, 4.69) is 5.32 Å². The second kappa shape index (κ2) is 3.91. The topological polar surface area (TPSA) is 79.5 Å². The van der Waals surface area contributed by atoms with Gasteiger partial charge in [0.15, 0.2) is 5.76 Å². The van der Waals surface area contributed by atoms with E-state index < -0.39 is 5.97 Å². The lowest BCUT2D eigenvalue weighted by molar-refractivity contribution is 0.0695. The highest BCUT2D eigenvalue weighted by atomic mass is 16.4. The normalized spacial score (nSPS) is 15.6. The summed E-state index contributed by atoms with van der Waals surface area (Å²) in [6.45, 7) is 3.92. The molecule has 1 aromatic rings. The highest BCUT2D eigenvalue weighted by Crippen LogP contribution is 2.39. The lowest BCUT2D eigenvalue weighted by atomic mass is 9.98. The third kappa shape index (κ3) is 2.49. The summed E-state index contributed by atoms with van der Waals surface area (Å²) in [6.07, 6.45) is 3.30. The summed E-state index contributed by atoms with van der Waals surface area (Å²) in [7, 11) is 0. The van der Waals surface area contributed by atoms with Gasteiger partial charge in [-0.05, 0) is 32.6 Å². The lowest BCUT2D eigenvalue weighted by Crippen LogP contribution is -2.45. The van der Waals surface area contributed by atoms with Crippen LogP contribution < -0.4 is 5.32 Å². The van der Waals surface area contributed by atoms with Gasteiger partial charge in [-0.25, -0.2) is 4.79 Å². The average molecular weight is 237 g/mol. The van der Waals surface area contributed by atoms with Gasteiger partial charge in [0.25, 0.3) is 5.91 Å². The third-order valence-electron chi connectivity index (χ3n) is 3.10. The van der Waals surface area contributed by atoms with Gasteiger partial charge in [0, 0.05) is 11.6 Å². The van der Waals surface area contributed by atoms with Crippen molar-refractivity contribution in [3.63, 3.8) is 0 Å². The van der Waals surface area contributed by atoms with Crippen LogP contribution in [0.4, 0.5) is 0 Å². The molecule has 17 heavy (non-hydrogen) atoms. The van der Waals surface area contributed by atoms with E-state index >= 15 is 0 Å². The molecule has 1 amide bonds. The first-order valence-corrected chi connectivity index (χ1v) is 5.54. The fourth-order valence-corrected chi connectivity index (χ4v) is 1.83. The van der Waals surface area contributed by atoms with Crippen LogP contribution >= 0.6 is 0 Å². The standard InChI is InChI=1S/C12H15NO4/c1-12(2,8-3-4-8)13-10(14)9-5-7(6-17-9)11(15)16/h5-6,8H,3-4H2,1-2H3,(H,13,14)(H,15,16). The number of carboxylic acids is 1. The Balaban J connectivity index is 2.06. The van der Waals surface area contributed by atoms with Gasteiger partial charge in [0.1, 0.15) is 6.26 Å². The molecule has 5 nitrogen and oxygen atoms in total. The minimum atomic E-state index is -1.10. The Bertz CT molecular complexity index is 457. The van der Waals surface area contributed by atoms with E-state index in [-0.39, 0.29) is 22.8 Å². The summed E-state index contributed by atoms with van der Waals surface area (Å²) in [5.74, 6) is -0.930. The van der Waals surface area contributed by atoms with Crippen molar-refractivity contribution in [1.29, 1.82) is 0 Å². The highest BCUT2D eigenvalue weighted by molar-refractivity contribution is 5.95. The molecular formula is C12H15NO4. The Kier molecular flexibility index (Phi) is 2.69. The number of nitrogens with one attached hydrogen (secondary N) is 1. The summed E-state index contributed by atoms with van der Waals surface area (Å²) >= 11 is 0. The summed E-state index contributed by atoms with van der Waals surface area (Å²) in [5.41, 5.74) is -0.285. The summed E-state index contributed by atoms with van der Waals surface area (Å²) in [5, 5.41) is 11.6. The molecule has 1 aromatic heterocycles. The van der Waals surface area contributed by atoms with Crippen LogP contribution in [0, 0.1) is 5.92 Å². The van der Waals surface area contributed by atoms with Gasteiger partial charge < -0.3 is 14.8 Å². The average Bonchev–Trinajstić information content (AvgIpc) is 2.95. The van der Waals surface area contributed by atoms with Gasteiger partial charge in [0.2, 0.25) is 0 Å². The number of carbonyl (C=O) groups is 2. The van der Waals surface area contributed by atoms with Crippen molar-refractivity contribution in [3.05, 3.63) is 23.7 Å². The maximum absolute atomic E-state index is 11.8. The first kappa shape index (κ1) is 11.7. The van der Waals surface area contributed by atoms with Crippen LogP contribution in [-0.2, 0) is 0 Å².